The topological polar surface area (TPSA) is 59.0 Å². The summed E-state index contributed by atoms with van der Waals surface area (Å²) < 4.78 is 1.66. The highest BCUT2D eigenvalue weighted by Gasteiger charge is 2.26. The van der Waals surface area contributed by atoms with Crippen LogP contribution in [0.4, 0.5) is 11.5 Å². The zero-order valence-corrected chi connectivity index (χ0v) is 10.8. The van der Waals surface area contributed by atoms with E-state index in [1.54, 1.807) is 16.9 Å². The van der Waals surface area contributed by atoms with Gasteiger partial charge in [-0.3, -0.25) is 9.48 Å². The Morgan fingerprint density at radius 2 is 2.26 bits per heavy atom. The number of aromatic nitrogens is 2. The van der Waals surface area contributed by atoms with Crippen LogP contribution in [-0.4, -0.2) is 22.2 Å². The number of nitrogens with zero attached hydrogens (tertiary/aromatic N) is 2. The predicted octanol–water partition coefficient (Wildman–Crippen LogP) is 1.96. The highest BCUT2D eigenvalue weighted by Crippen LogP contribution is 2.32. The molecular formula is C14H16N4O. The molecule has 1 aromatic carbocycles. The fourth-order valence-electron chi connectivity index (χ4n) is 2.45. The molecule has 5 heteroatoms. The summed E-state index contributed by atoms with van der Waals surface area (Å²) in [5.41, 5.74) is 2.12. The van der Waals surface area contributed by atoms with E-state index in [2.05, 4.69) is 15.7 Å². The van der Waals surface area contributed by atoms with Crippen molar-refractivity contribution in [1.29, 1.82) is 0 Å². The molecule has 5 nitrogen and oxygen atoms in total. The molecule has 0 spiro atoms. The zero-order valence-electron chi connectivity index (χ0n) is 10.8. The number of aryl methyl sites for hydroxylation is 1. The van der Waals surface area contributed by atoms with Gasteiger partial charge in [-0.15, -0.1) is 0 Å². The fraction of sp³-hybridized carbons (Fsp3) is 0.286. The van der Waals surface area contributed by atoms with Crippen LogP contribution in [-0.2, 0) is 11.8 Å². The molecule has 1 amide bonds. The summed E-state index contributed by atoms with van der Waals surface area (Å²) in [5.74, 6) is 0.644. The second-order valence-corrected chi connectivity index (χ2v) is 4.68. The third-order valence-electron chi connectivity index (χ3n) is 3.47. The van der Waals surface area contributed by atoms with Gasteiger partial charge in [0.05, 0.1) is 12.1 Å². The van der Waals surface area contributed by atoms with E-state index in [0.29, 0.717) is 0 Å². The number of anilines is 2. The smallest absolute Gasteiger partial charge is 0.233 e. The number of carbonyl (C=O) groups is 1. The van der Waals surface area contributed by atoms with Crippen molar-refractivity contribution < 1.29 is 4.79 Å². The lowest BCUT2D eigenvalue weighted by molar-refractivity contribution is -0.117. The van der Waals surface area contributed by atoms with Crippen LogP contribution >= 0.6 is 0 Å². The lowest BCUT2D eigenvalue weighted by atomic mass is 9.90. The zero-order chi connectivity index (χ0) is 13.2. The van der Waals surface area contributed by atoms with Crippen molar-refractivity contribution in [3.63, 3.8) is 0 Å². The van der Waals surface area contributed by atoms with Crippen molar-refractivity contribution in [2.24, 2.45) is 7.05 Å². The average Bonchev–Trinajstić information content (AvgIpc) is 2.83. The molecule has 2 aromatic rings. The molecule has 0 aliphatic carbocycles. The summed E-state index contributed by atoms with van der Waals surface area (Å²) in [7, 11) is 1.81. The number of nitrogens with one attached hydrogen (secondary N) is 2. The van der Waals surface area contributed by atoms with E-state index in [-0.39, 0.29) is 11.8 Å². The van der Waals surface area contributed by atoms with Crippen molar-refractivity contribution in [1.82, 2.24) is 9.78 Å². The molecule has 2 N–H and O–H groups in total. The van der Waals surface area contributed by atoms with Gasteiger partial charge in [0.2, 0.25) is 5.91 Å². The summed E-state index contributed by atoms with van der Waals surface area (Å²) in [6.45, 7) is 0.820. The second kappa shape index (κ2) is 4.76. The molecule has 0 saturated heterocycles. The second-order valence-electron chi connectivity index (χ2n) is 4.68. The first-order valence-corrected chi connectivity index (χ1v) is 6.37. The Morgan fingerprint density at radius 1 is 1.42 bits per heavy atom. The van der Waals surface area contributed by atoms with Crippen molar-refractivity contribution in [3.8, 4) is 0 Å². The average molecular weight is 256 g/mol. The molecule has 98 valence electrons. The Kier molecular flexibility index (Phi) is 2.95. The third-order valence-corrected chi connectivity index (χ3v) is 3.47. The number of rotatable bonds is 2. The molecule has 2 heterocycles. The summed E-state index contributed by atoms with van der Waals surface area (Å²) in [4.78, 5) is 12.4. The Hall–Kier alpha value is -2.30. The summed E-state index contributed by atoms with van der Waals surface area (Å²) in [6.07, 6.45) is 2.48. The van der Waals surface area contributed by atoms with Gasteiger partial charge in [-0.25, -0.2) is 0 Å². The number of hydrogen-bond acceptors (Lipinski definition) is 3. The molecule has 1 aliphatic heterocycles. The van der Waals surface area contributed by atoms with Gasteiger partial charge in [-0.2, -0.15) is 5.10 Å². The lowest BCUT2D eigenvalue weighted by Crippen LogP contribution is -2.28. The summed E-state index contributed by atoms with van der Waals surface area (Å²) in [5, 5.41) is 10.3. The van der Waals surface area contributed by atoms with Crippen LogP contribution in [0.2, 0.25) is 0 Å². The van der Waals surface area contributed by atoms with Gasteiger partial charge >= 0.3 is 0 Å². The van der Waals surface area contributed by atoms with Gasteiger partial charge < -0.3 is 10.6 Å². The van der Waals surface area contributed by atoms with Gasteiger partial charge in [0.1, 0.15) is 5.82 Å². The molecule has 19 heavy (non-hydrogen) atoms. The summed E-state index contributed by atoms with van der Waals surface area (Å²) >= 11 is 0. The van der Waals surface area contributed by atoms with Crippen molar-refractivity contribution >= 4 is 17.4 Å². The largest absolute Gasteiger partial charge is 0.385 e. The molecule has 1 atom stereocenters. The number of benzene rings is 1. The highest BCUT2D eigenvalue weighted by molar-refractivity contribution is 5.96. The number of amides is 1. The van der Waals surface area contributed by atoms with E-state index in [0.717, 1.165) is 30.0 Å². The first-order valence-electron chi connectivity index (χ1n) is 6.37. The first kappa shape index (κ1) is 11.8. The van der Waals surface area contributed by atoms with Gasteiger partial charge in [0.25, 0.3) is 0 Å². The van der Waals surface area contributed by atoms with E-state index >= 15 is 0 Å². The third kappa shape index (κ3) is 2.19. The summed E-state index contributed by atoms with van der Waals surface area (Å²) in [6, 6.07) is 9.77. The predicted molar refractivity (Wildman–Crippen MR) is 74.1 cm³/mol. The van der Waals surface area contributed by atoms with Crippen molar-refractivity contribution in [2.45, 2.75) is 12.3 Å². The van der Waals surface area contributed by atoms with Crippen LogP contribution in [0.15, 0.2) is 36.5 Å². The Balaban J connectivity index is 1.84. The number of fused-ring (bicyclic) bond motifs is 1. The van der Waals surface area contributed by atoms with Crippen LogP contribution in [0.1, 0.15) is 17.9 Å². The van der Waals surface area contributed by atoms with Crippen LogP contribution in [0.25, 0.3) is 0 Å². The number of hydrogen-bond donors (Lipinski definition) is 2. The normalized spacial score (nSPS) is 17.4. The molecule has 0 radical (unpaired) electrons. The molecule has 0 fully saturated rings. The minimum absolute atomic E-state index is 0.0255. The van der Waals surface area contributed by atoms with E-state index in [4.69, 9.17) is 0 Å². The standard InChI is InChI=1S/C14H16N4O/c1-18-13(7-9-16-18)17-14(19)11-6-8-15-12-5-3-2-4-10(11)12/h2-5,7,9,11,15H,6,8H2,1H3,(H,17,19). The van der Waals surface area contributed by atoms with Gasteiger partial charge in [-0.05, 0) is 18.1 Å². The maximum absolute atomic E-state index is 12.4. The van der Waals surface area contributed by atoms with Gasteiger partial charge in [-0.1, -0.05) is 18.2 Å². The molecule has 1 aromatic heterocycles. The number of carbonyl (C=O) groups excluding carboxylic acids is 1. The SMILES string of the molecule is Cn1nccc1NC(=O)C1CCNc2ccccc21. The fourth-order valence-corrected chi connectivity index (χ4v) is 2.45. The van der Waals surface area contributed by atoms with Crippen LogP contribution < -0.4 is 10.6 Å². The molecule has 0 bridgehead atoms. The van der Waals surface area contributed by atoms with Gasteiger partial charge in [0.15, 0.2) is 0 Å². The molecule has 1 aliphatic rings. The highest BCUT2D eigenvalue weighted by atomic mass is 16.2. The van der Waals surface area contributed by atoms with Gasteiger partial charge in [0, 0.05) is 25.3 Å². The number of para-hydroxylation sites is 1. The molecular weight excluding hydrogens is 240 g/mol. The Morgan fingerprint density at radius 3 is 3.05 bits per heavy atom. The van der Waals surface area contributed by atoms with Crippen molar-refractivity contribution in [3.05, 3.63) is 42.1 Å². The quantitative estimate of drug-likeness (QED) is 0.863. The first-order chi connectivity index (χ1) is 9.25. The Labute approximate surface area is 111 Å². The van der Waals surface area contributed by atoms with Crippen LogP contribution in [0.5, 0.6) is 0 Å². The van der Waals surface area contributed by atoms with E-state index < -0.39 is 0 Å². The van der Waals surface area contributed by atoms with Crippen LogP contribution in [0.3, 0.4) is 0 Å². The maximum atomic E-state index is 12.4. The van der Waals surface area contributed by atoms with E-state index in [1.807, 2.05) is 31.3 Å². The molecule has 0 saturated carbocycles. The monoisotopic (exact) mass is 256 g/mol. The van der Waals surface area contributed by atoms with Crippen molar-refractivity contribution in [2.75, 3.05) is 17.2 Å². The van der Waals surface area contributed by atoms with E-state index in [9.17, 15) is 4.79 Å². The molecule has 3 rings (SSSR count). The molecule has 1 unspecified atom stereocenters. The lowest BCUT2D eigenvalue weighted by Gasteiger charge is -2.25. The van der Waals surface area contributed by atoms with Crippen LogP contribution in [0, 0.1) is 0 Å². The minimum Gasteiger partial charge on any atom is -0.385 e. The minimum atomic E-state index is -0.104. The van der Waals surface area contributed by atoms with E-state index in [1.165, 1.54) is 0 Å². The maximum Gasteiger partial charge on any atom is 0.233 e. The Bertz CT molecular complexity index is 605.